The summed E-state index contributed by atoms with van der Waals surface area (Å²) in [5.74, 6) is 0.803. The lowest BCUT2D eigenvalue weighted by Crippen LogP contribution is -2.54. The number of carbonyl (C=O) groups is 1. The predicted molar refractivity (Wildman–Crippen MR) is 130 cm³/mol. The lowest BCUT2D eigenvalue weighted by molar-refractivity contribution is -0.131. The van der Waals surface area contributed by atoms with Crippen LogP contribution >= 0.6 is 35.6 Å². The Kier molecular flexibility index (Phi) is 10.6. The number of nitrogens with one attached hydrogen (secondary N) is 1. The Balaban J connectivity index is 0.00000320. The van der Waals surface area contributed by atoms with Crippen LogP contribution in [0.2, 0.25) is 5.02 Å². The minimum absolute atomic E-state index is 0. The Hall–Kier alpha value is -1.13. The first-order valence-corrected chi connectivity index (χ1v) is 10.9. The van der Waals surface area contributed by atoms with Crippen LogP contribution in [0.4, 0.5) is 4.39 Å². The summed E-state index contributed by atoms with van der Waals surface area (Å²) in [6, 6.07) is 4.75. The Morgan fingerprint density at radius 1 is 1.13 bits per heavy atom. The van der Waals surface area contributed by atoms with Crippen LogP contribution in [-0.2, 0) is 11.2 Å². The maximum Gasteiger partial charge on any atom is 0.236 e. The average Bonchev–Trinajstić information content (AvgIpc) is 3.25. The van der Waals surface area contributed by atoms with Gasteiger partial charge in [0.25, 0.3) is 0 Å². The zero-order chi connectivity index (χ0) is 20.6. The first-order valence-electron chi connectivity index (χ1n) is 10.5. The van der Waals surface area contributed by atoms with Crippen molar-refractivity contribution < 1.29 is 9.18 Å². The minimum atomic E-state index is -0.283. The van der Waals surface area contributed by atoms with Gasteiger partial charge in [-0.15, -0.1) is 24.0 Å². The van der Waals surface area contributed by atoms with Gasteiger partial charge in [-0.3, -0.25) is 14.7 Å². The van der Waals surface area contributed by atoms with Gasteiger partial charge in [0, 0.05) is 62.9 Å². The first kappa shape index (κ1) is 25.1. The summed E-state index contributed by atoms with van der Waals surface area (Å²) in [4.78, 5) is 23.4. The molecule has 0 spiro atoms. The fourth-order valence-electron chi connectivity index (χ4n) is 3.85. The number of aliphatic imine (C=N–C) groups is 1. The highest BCUT2D eigenvalue weighted by Crippen LogP contribution is 2.19. The molecule has 6 nitrogen and oxygen atoms in total. The average molecular weight is 552 g/mol. The molecule has 0 aromatic heterocycles. The summed E-state index contributed by atoms with van der Waals surface area (Å²) < 4.78 is 13.9. The molecule has 2 aliphatic heterocycles. The van der Waals surface area contributed by atoms with E-state index in [1.54, 1.807) is 12.1 Å². The largest absolute Gasteiger partial charge is 0.357 e. The molecule has 1 N–H and O–H groups in total. The van der Waals surface area contributed by atoms with Gasteiger partial charge in [-0.05, 0) is 38.3 Å². The van der Waals surface area contributed by atoms with Gasteiger partial charge >= 0.3 is 0 Å². The lowest BCUT2D eigenvalue weighted by Gasteiger charge is -2.36. The van der Waals surface area contributed by atoms with E-state index in [1.807, 2.05) is 11.8 Å². The molecule has 0 saturated carbocycles. The van der Waals surface area contributed by atoms with Gasteiger partial charge in [-0.1, -0.05) is 17.7 Å². The summed E-state index contributed by atoms with van der Waals surface area (Å²) >= 11 is 6.11. The quantitative estimate of drug-likeness (QED) is 0.336. The third-order valence-corrected chi connectivity index (χ3v) is 5.86. The molecule has 1 aromatic carbocycles. The highest BCUT2D eigenvalue weighted by molar-refractivity contribution is 14.0. The number of guanidine groups is 1. The summed E-state index contributed by atoms with van der Waals surface area (Å²) in [6.07, 6.45) is 2.71. The van der Waals surface area contributed by atoms with Crippen LogP contribution in [0.25, 0.3) is 0 Å². The molecule has 0 aliphatic carbocycles. The van der Waals surface area contributed by atoms with Crippen molar-refractivity contribution in [1.29, 1.82) is 0 Å². The first-order chi connectivity index (χ1) is 14.1. The van der Waals surface area contributed by atoms with E-state index < -0.39 is 0 Å². The number of amides is 1. The van der Waals surface area contributed by atoms with Crippen LogP contribution in [-0.4, -0.2) is 85.5 Å². The van der Waals surface area contributed by atoms with Crippen LogP contribution in [0.3, 0.4) is 0 Å². The van der Waals surface area contributed by atoms with Crippen molar-refractivity contribution in [2.24, 2.45) is 4.99 Å². The molecule has 2 aliphatic rings. The van der Waals surface area contributed by atoms with Crippen molar-refractivity contribution >= 4 is 47.4 Å². The fourth-order valence-corrected chi connectivity index (χ4v) is 4.10. The number of nitrogens with zero attached hydrogens (tertiary/aromatic N) is 4. The zero-order valence-corrected chi connectivity index (χ0v) is 20.7. The van der Waals surface area contributed by atoms with E-state index in [0.29, 0.717) is 30.1 Å². The molecule has 1 amide bonds. The molecule has 1 aromatic rings. The van der Waals surface area contributed by atoms with Gasteiger partial charge in [-0.25, -0.2) is 4.39 Å². The van der Waals surface area contributed by atoms with E-state index >= 15 is 0 Å². The second kappa shape index (κ2) is 12.7. The number of rotatable bonds is 6. The normalized spacial score (nSPS) is 17.8. The number of benzene rings is 1. The molecule has 0 unspecified atom stereocenters. The van der Waals surface area contributed by atoms with Crippen LogP contribution in [0.1, 0.15) is 25.3 Å². The van der Waals surface area contributed by atoms with Crippen molar-refractivity contribution in [3.8, 4) is 0 Å². The van der Waals surface area contributed by atoms with Crippen molar-refractivity contribution in [2.75, 3.05) is 58.9 Å². The van der Waals surface area contributed by atoms with Gasteiger partial charge in [0.15, 0.2) is 5.96 Å². The molecule has 0 atom stereocenters. The number of carbonyl (C=O) groups excluding carboxylic acids is 1. The molecule has 2 fully saturated rings. The summed E-state index contributed by atoms with van der Waals surface area (Å²) in [7, 11) is 0. The van der Waals surface area contributed by atoms with Gasteiger partial charge in [0.2, 0.25) is 5.91 Å². The molecule has 9 heteroatoms. The number of halogens is 3. The molecule has 168 valence electrons. The van der Waals surface area contributed by atoms with Gasteiger partial charge in [0.05, 0.1) is 6.54 Å². The monoisotopic (exact) mass is 551 g/mol. The van der Waals surface area contributed by atoms with Crippen LogP contribution in [0, 0.1) is 5.82 Å². The molecule has 30 heavy (non-hydrogen) atoms. The van der Waals surface area contributed by atoms with Crippen molar-refractivity contribution in [3.63, 3.8) is 0 Å². The van der Waals surface area contributed by atoms with E-state index in [1.165, 1.54) is 6.07 Å². The topological polar surface area (TPSA) is 51.2 Å². The van der Waals surface area contributed by atoms with Crippen molar-refractivity contribution in [1.82, 2.24) is 20.0 Å². The molecule has 0 bridgehead atoms. The summed E-state index contributed by atoms with van der Waals surface area (Å²) in [6.45, 7) is 8.90. The van der Waals surface area contributed by atoms with Crippen LogP contribution in [0.5, 0.6) is 0 Å². The molecule has 0 radical (unpaired) electrons. The van der Waals surface area contributed by atoms with E-state index in [0.717, 1.165) is 64.6 Å². The maximum atomic E-state index is 13.9. The van der Waals surface area contributed by atoms with E-state index in [2.05, 4.69) is 20.1 Å². The van der Waals surface area contributed by atoms with Gasteiger partial charge in [0.1, 0.15) is 5.82 Å². The van der Waals surface area contributed by atoms with Crippen LogP contribution in [0.15, 0.2) is 23.2 Å². The number of hydrogen-bond acceptors (Lipinski definition) is 3. The number of hydrogen-bond donors (Lipinski definition) is 1. The molecule has 3 rings (SSSR count). The molecule has 2 saturated heterocycles. The fraction of sp³-hybridized carbons (Fsp3) is 0.619. The van der Waals surface area contributed by atoms with Crippen molar-refractivity contribution in [3.05, 3.63) is 34.6 Å². The van der Waals surface area contributed by atoms with Crippen molar-refractivity contribution in [2.45, 2.75) is 26.2 Å². The minimum Gasteiger partial charge on any atom is -0.357 e. The SMILES string of the molecule is CCNC(=NCCc1c(F)cccc1Cl)N1CCN(CC(=O)N2CCCC2)CC1.I. The summed E-state index contributed by atoms with van der Waals surface area (Å²) in [5, 5.41) is 3.77. The maximum absolute atomic E-state index is 13.9. The highest BCUT2D eigenvalue weighted by atomic mass is 127. The Morgan fingerprint density at radius 3 is 2.47 bits per heavy atom. The second-order valence-corrected chi connectivity index (χ2v) is 7.94. The third kappa shape index (κ3) is 6.95. The highest BCUT2D eigenvalue weighted by Gasteiger charge is 2.24. The Bertz CT molecular complexity index is 701. The molecular weight excluding hydrogens is 520 g/mol. The predicted octanol–water partition coefficient (Wildman–Crippen LogP) is 2.85. The smallest absolute Gasteiger partial charge is 0.236 e. The second-order valence-electron chi connectivity index (χ2n) is 7.54. The van der Waals surface area contributed by atoms with E-state index in [9.17, 15) is 9.18 Å². The van der Waals surface area contributed by atoms with Gasteiger partial charge < -0.3 is 15.1 Å². The summed E-state index contributed by atoms with van der Waals surface area (Å²) in [5.41, 5.74) is 0.513. The van der Waals surface area contributed by atoms with Gasteiger partial charge in [-0.2, -0.15) is 0 Å². The molecule has 2 heterocycles. The Labute approximate surface area is 200 Å². The van der Waals surface area contributed by atoms with Crippen LogP contribution < -0.4 is 5.32 Å². The standard InChI is InChI=1S/C21H31ClFN5O.HI/c1-2-24-21(25-9-8-17-18(22)6-5-7-19(17)23)28-14-12-26(13-15-28)16-20(29)27-10-3-4-11-27;/h5-7H,2-4,8-16H2,1H3,(H,24,25);1H. The molecular formula is C21H32ClFIN5O. The lowest BCUT2D eigenvalue weighted by atomic mass is 10.1. The number of likely N-dealkylation sites (tertiary alicyclic amines) is 1. The third-order valence-electron chi connectivity index (χ3n) is 5.51. The zero-order valence-electron chi connectivity index (χ0n) is 17.6. The van der Waals surface area contributed by atoms with E-state index in [4.69, 9.17) is 11.6 Å². The number of piperazine rings is 1. The van der Waals surface area contributed by atoms with E-state index in [-0.39, 0.29) is 35.7 Å². The Morgan fingerprint density at radius 2 is 1.83 bits per heavy atom.